The molecule has 0 saturated carbocycles. The van der Waals surface area contributed by atoms with Gasteiger partial charge in [-0.1, -0.05) is 13.0 Å². The van der Waals surface area contributed by atoms with Crippen molar-refractivity contribution in [3.63, 3.8) is 0 Å². The van der Waals surface area contributed by atoms with Gasteiger partial charge in [0.05, 0.1) is 5.54 Å². The van der Waals surface area contributed by atoms with E-state index < -0.39 is 5.54 Å². The summed E-state index contributed by atoms with van der Waals surface area (Å²) in [7, 11) is 0. The zero-order valence-corrected chi connectivity index (χ0v) is 12.8. The average molecular weight is 277 g/mol. The summed E-state index contributed by atoms with van der Waals surface area (Å²) in [4.78, 5) is 23.3. The van der Waals surface area contributed by atoms with E-state index in [9.17, 15) is 9.59 Å². The van der Waals surface area contributed by atoms with Gasteiger partial charge in [0.1, 0.15) is 0 Å². The molecule has 3 N–H and O–H groups in total. The van der Waals surface area contributed by atoms with Crippen LogP contribution in [-0.2, 0) is 9.59 Å². The number of rotatable bonds is 5. The second-order valence-electron chi connectivity index (χ2n) is 5.32. The molecule has 0 radical (unpaired) electrons. The molecular formula is C15H23N3O2. The molecule has 20 heavy (non-hydrogen) atoms. The fraction of sp³-hybridized carbons (Fsp3) is 0.467. The molecule has 1 aromatic rings. The molecule has 0 spiro atoms. The Bertz CT molecular complexity index is 510. The van der Waals surface area contributed by atoms with Gasteiger partial charge in [0, 0.05) is 18.3 Å². The molecule has 0 bridgehead atoms. The quantitative estimate of drug-likeness (QED) is 0.773. The van der Waals surface area contributed by atoms with Gasteiger partial charge in [0.25, 0.3) is 0 Å². The summed E-state index contributed by atoms with van der Waals surface area (Å²) in [6.07, 6.45) is 0. The lowest BCUT2D eigenvalue weighted by Gasteiger charge is -2.24. The molecule has 110 valence electrons. The summed E-state index contributed by atoms with van der Waals surface area (Å²) >= 11 is 0. The summed E-state index contributed by atoms with van der Waals surface area (Å²) in [6.45, 7) is 9.68. The molecule has 1 aromatic carbocycles. The molecule has 0 aliphatic carbocycles. The Morgan fingerprint density at radius 2 is 1.85 bits per heavy atom. The first-order valence-electron chi connectivity index (χ1n) is 6.71. The number of nitrogens with one attached hydrogen (secondary N) is 3. The van der Waals surface area contributed by atoms with Gasteiger partial charge >= 0.3 is 0 Å². The lowest BCUT2D eigenvalue weighted by atomic mass is 10.0. The van der Waals surface area contributed by atoms with Gasteiger partial charge in [-0.2, -0.15) is 0 Å². The maximum atomic E-state index is 12.2. The van der Waals surface area contributed by atoms with Crippen LogP contribution >= 0.6 is 0 Å². The van der Waals surface area contributed by atoms with Crippen molar-refractivity contribution in [2.24, 2.45) is 0 Å². The number of likely N-dealkylation sites (N-methyl/N-ethyl adjacent to an activating group) is 1. The van der Waals surface area contributed by atoms with E-state index in [1.165, 1.54) is 6.92 Å². The lowest BCUT2D eigenvalue weighted by Crippen LogP contribution is -2.49. The highest BCUT2D eigenvalue weighted by Gasteiger charge is 2.26. The number of hydrogen-bond donors (Lipinski definition) is 3. The van der Waals surface area contributed by atoms with E-state index in [4.69, 9.17) is 0 Å². The van der Waals surface area contributed by atoms with Gasteiger partial charge in [0.2, 0.25) is 11.8 Å². The molecule has 0 atom stereocenters. The van der Waals surface area contributed by atoms with Crippen LogP contribution in [-0.4, -0.2) is 23.9 Å². The monoisotopic (exact) mass is 277 g/mol. The van der Waals surface area contributed by atoms with E-state index in [-0.39, 0.29) is 11.8 Å². The molecule has 0 saturated heterocycles. The van der Waals surface area contributed by atoms with E-state index >= 15 is 0 Å². The second kappa shape index (κ2) is 6.52. The third kappa shape index (κ3) is 4.35. The molecule has 0 aliphatic heterocycles. The first kappa shape index (κ1) is 16.2. The minimum Gasteiger partial charge on any atom is -0.326 e. The van der Waals surface area contributed by atoms with Crippen molar-refractivity contribution in [1.29, 1.82) is 0 Å². The number of carbonyl (C=O) groups excluding carboxylic acids is 2. The third-order valence-corrected chi connectivity index (χ3v) is 2.99. The number of carbonyl (C=O) groups is 2. The Morgan fingerprint density at radius 3 is 2.40 bits per heavy atom. The van der Waals surface area contributed by atoms with Crippen molar-refractivity contribution in [2.45, 2.75) is 40.2 Å². The Labute approximate surface area is 120 Å². The van der Waals surface area contributed by atoms with Gasteiger partial charge < -0.3 is 16.0 Å². The van der Waals surface area contributed by atoms with Crippen LogP contribution in [0.3, 0.4) is 0 Å². The fourth-order valence-electron chi connectivity index (χ4n) is 1.83. The highest BCUT2D eigenvalue weighted by Crippen LogP contribution is 2.21. The van der Waals surface area contributed by atoms with Crippen molar-refractivity contribution >= 4 is 23.2 Å². The van der Waals surface area contributed by atoms with Gasteiger partial charge in [-0.15, -0.1) is 0 Å². The van der Waals surface area contributed by atoms with Gasteiger partial charge in [-0.3, -0.25) is 9.59 Å². The van der Waals surface area contributed by atoms with E-state index in [1.54, 1.807) is 6.07 Å². The Kier molecular flexibility index (Phi) is 5.27. The molecule has 0 heterocycles. The average Bonchev–Trinajstić information content (AvgIpc) is 2.32. The van der Waals surface area contributed by atoms with E-state index in [0.717, 1.165) is 5.56 Å². The van der Waals surface area contributed by atoms with Gasteiger partial charge in [-0.05, 0) is 45.0 Å². The molecule has 0 fully saturated rings. The van der Waals surface area contributed by atoms with Crippen molar-refractivity contribution in [2.75, 3.05) is 17.2 Å². The van der Waals surface area contributed by atoms with Crippen LogP contribution in [0.2, 0.25) is 0 Å². The van der Waals surface area contributed by atoms with Crippen LogP contribution in [0.5, 0.6) is 0 Å². The van der Waals surface area contributed by atoms with E-state index in [2.05, 4.69) is 16.0 Å². The Balaban J connectivity index is 2.88. The summed E-state index contributed by atoms with van der Waals surface area (Å²) < 4.78 is 0. The van der Waals surface area contributed by atoms with Crippen LogP contribution in [0.4, 0.5) is 11.4 Å². The summed E-state index contributed by atoms with van der Waals surface area (Å²) in [5, 5.41) is 8.72. The molecule has 0 aromatic heterocycles. The number of hydrogen-bond acceptors (Lipinski definition) is 3. The first-order valence-corrected chi connectivity index (χ1v) is 6.71. The molecule has 5 nitrogen and oxygen atoms in total. The Hall–Kier alpha value is -1.88. The number of aryl methyl sites for hydroxylation is 1. The SMILES string of the molecule is CCNC(C)(C)C(=O)Nc1ccc(C)c(NC(C)=O)c1. The zero-order chi connectivity index (χ0) is 15.3. The lowest BCUT2D eigenvalue weighted by molar-refractivity contribution is -0.121. The summed E-state index contributed by atoms with van der Waals surface area (Å²) in [6, 6.07) is 5.44. The van der Waals surface area contributed by atoms with Crippen LogP contribution in [0.1, 0.15) is 33.3 Å². The van der Waals surface area contributed by atoms with Crippen molar-refractivity contribution in [3.8, 4) is 0 Å². The molecule has 1 rings (SSSR count). The van der Waals surface area contributed by atoms with Crippen LogP contribution < -0.4 is 16.0 Å². The highest BCUT2D eigenvalue weighted by molar-refractivity contribution is 5.98. The summed E-state index contributed by atoms with van der Waals surface area (Å²) in [5.41, 5.74) is 1.67. The zero-order valence-electron chi connectivity index (χ0n) is 12.8. The Morgan fingerprint density at radius 1 is 1.20 bits per heavy atom. The molecule has 0 unspecified atom stereocenters. The number of amides is 2. The van der Waals surface area contributed by atoms with E-state index in [0.29, 0.717) is 17.9 Å². The van der Waals surface area contributed by atoms with Gasteiger partial charge in [-0.25, -0.2) is 0 Å². The molecule has 2 amide bonds. The maximum absolute atomic E-state index is 12.2. The van der Waals surface area contributed by atoms with E-state index in [1.807, 2.05) is 39.8 Å². The van der Waals surface area contributed by atoms with Crippen LogP contribution in [0.15, 0.2) is 18.2 Å². The van der Waals surface area contributed by atoms with Crippen LogP contribution in [0, 0.1) is 6.92 Å². The predicted molar refractivity (Wildman–Crippen MR) is 81.9 cm³/mol. The second-order valence-corrected chi connectivity index (χ2v) is 5.32. The van der Waals surface area contributed by atoms with Gasteiger partial charge in [0.15, 0.2) is 0 Å². The molecule has 5 heteroatoms. The summed E-state index contributed by atoms with van der Waals surface area (Å²) in [5.74, 6) is -0.249. The smallest absolute Gasteiger partial charge is 0.244 e. The normalized spacial score (nSPS) is 11.1. The first-order chi connectivity index (χ1) is 9.26. The fourth-order valence-corrected chi connectivity index (χ4v) is 1.83. The minimum atomic E-state index is -0.645. The topological polar surface area (TPSA) is 70.2 Å². The standard InChI is InChI=1S/C15H23N3O2/c1-6-16-15(4,5)14(20)18-12-8-7-10(2)13(9-12)17-11(3)19/h7-9,16H,6H2,1-5H3,(H,17,19)(H,18,20). The minimum absolute atomic E-state index is 0.114. The molecular weight excluding hydrogens is 254 g/mol. The highest BCUT2D eigenvalue weighted by atomic mass is 16.2. The third-order valence-electron chi connectivity index (χ3n) is 2.99. The number of benzene rings is 1. The van der Waals surface area contributed by atoms with Crippen molar-refractivity contribution < 1.29 is 9.59 Å². The largest absolute Gasteiger partial charge is 0.326 e. The molecule has 0 aliphatic rings. The van der Waals surface area contributed by atoms with Crippen molar-refractivity contribution in [1.82, 2.24) is 5.32 Å². The number of anilines is 2. The van der Waals surface area contributed by atoms with Crippen molar-refractivity contribution in [3.05, 3.63) is 23.8 Å². The maximum Gasteiger partial charge on any atom is 0.244 e. The predicted octanol–water partition coefficient (Wildman–Crippen LogP) is 2.28. The van der Waals surface area contributed by atoms with Crippen LogP contribution in [0.25, 0.3) is 0 Å².